The summed E-state index contributed by atoms with van der Waals surface area (Å²) in [6.07, 6.45) is 0. The summed E-state index contributed by atoms with van der Waals surface area (Å²) < 4.78 is 9.46. The first-order chi connectivity index (χ1) is 7.61. The average Bonchev–Trinajstić information content (AvgIpc) is 2.28. The Labute approximate surface area is 96.2 Å². The quantitative estimate of drug-likeness (QED) is 0.466. The molecule has 16 heavy (non-hydrogen) atoms. The number of carbonyl (C=O) groups excluding carboxylic acids is 1. The molecule has 0 amide bonds. The van der Waals surface area contributed by atoms with Gasteiger partial charge in [-0.05, 0) is 24.3 Å². The zero-order valence-corrected chi connectivity index (χ0v) is 9.28. The van der Waals surface area contributed by atoms with E-state index in [4.69, 9.17) is 4.42 Å². The minimum Gasteiger partial charge on any atom is -0.465 e. The van der Waals surface area contributed by atoms with Gasteiger partial charge in [0.05, 0.1) is 7.11 Å². The molecule has 0 aliphatic carbocycles. The molecule has 82 valence electrons. The molecular weight excluding hydrogens is 228 g/mol. The number of thiol groups is 1. The topological polar surface area (TPSA) is 56.5 Å². The van der Waals surface area contributed by atoms with Gasteiger partial charge in [-0.2, -0.15) is 0 Å². The monoisotopic (exact) mass is 236 g/mol. The van der Waals surface area contributed by atoms with Crippen LogP contribution in [0.3, 0.4) is 0 Å². The first-order valence-electron chi connectivity index (χ1n) is 4.47. The Morgan fingerprint density at radius 2 is 2.12 bits per heavy atom. The molecule has 1 aromatic heterocycles. The third-order valence-electron chi connectivity index (χ3n) is 2.12. The lowest BCUT2D eigenvalue weighted by Crippen LogP contribution is -2.14. The lowest BCUT2D eigenvalue weighted by molar-refractivity contribution is 0.0596. The highest BCUT2D eigenvalue weighted by Crippen LogP contribution is 2.17. The van der Waals surface area contributed by atoms with Gasteiger partial charge in [0.25, 0.3) is 0 Å². The van der Waals surface area contributed by atoms with Crippen molar-refractivity contribution in [1.82, 2.24) is 0 Å². The summed E-state index contributed by atoms with van der Waals surface area (Å²) in [7, 11) is 1.21. The zero-order chi connectivity index (χ0) is 11.7. The van der Waals surface area contributed by atoms with Gasteiger partial charge in [-0.3, -0.25) is 0 Å². The molecule has 0 spiro atoms. The number of esters is 1. The molecule has 1 aromatic carbocycles. The van der Waals surface area contributed by atoms with Crippen molar-refractivity contribution in [3.8, 4) is 0 Å². The minimum atomic E-state index is -0.708. The summed E-state index contributed by atoms with van der Waals surface area (Å²) in [4.78, 5) is 23.4. The Kier molecular flexibility index (Phi) is 2.70. The van der Waals surface area contributed by atoms with Crippen LogP contribution in [0, 0.1) is 0 Å². The highest BCUT2D eigenvalue weighted by molar-refractivity contribution is 7.80. The maximum absolute atomic E-state index is 11.4. The Hall–Kier alpha value is -1.75. The van der Waals surface area contributed by atoms with E-state index in [2.05, 4.69) is 17.4 Å². The van der Waals surface area contributed by atoms with Gasteiger partial charge < -0.3 is 9.15 Å². The van der Waals surface area contributed by atoms with Crippen molar-refractivity contribution in [3.63, 3.8) is 0 Å². The fourth-order valence-corrected chi connectivity index (χ4v) is 1.58. The molecule has 2 rings (SSSR count). The first-order valence-corrected chi connectivity index (χ1v) is 4.92. The van der Waals surface area contributed by atoms with E-state index < -0.39 is 11.6 Å². The Balaban J connectivity index is 2.74. The van der Waals surface area contributed by atoms with Crippen molar-refractivity contribution in [3.05, 3.63) is 40.2 Å². The summed E-state index contributed by atoms with van der Waals surface area (Å²) in [6.45, 7) is 0. The summed E-state index contributed by atoms with van der Waals surface area (Å²) in [5, 5.41) is 0.632. The predicted molar refractivity (Wildman–Crippen MR) is 61.1 cm³/mol. The molecule has 0 atom stereocenters. The summed E-state index contributed by atoms with van der Waals surface area (Å²) in [5.41, 5.74) is -0.407. The average molecular weight is 236 g/mol. The molecule has 1 heterocycles. The van der Waals surface area contributed by atoms with E-state index in [9.17, 15) is 9.59 Å². The standard InChI is InChI=1S/C11H8O4S/c1-14-10(12)8-5-6-4-7(16)2-3-9(6)15-11(8)13/h2-5,16H,1H3. The molecular formula is C11H8O4S. The maximum Gasteiger partial charge on any atom is 0.351 e. The fourth-order valence-electron chi connectivity index (χ4n) is 1.36. The minimum absolute atomic E-state index is 0.117. The van der Waals surface area contributed by atoms with Crippen LogP contribution in [0.4, 0.5) is 0 Å². The van der Waals surface area contributed by atoms with E-state index in [0.717, 1.165) is 4.90 Å². The molecule has 2 aromatic rings. The Bertz CT molecular complexity index is 615. The highest BCUT2D eigenvalue weighted by atomic mass is 32.1. The number of ether oxygens (including phenoxy) is 1. The van der Waals surface area contributed by atoms with Crippen LogP contribution in [0.2, 0.25) is 0 Å². The van der Waals surface area contributed by atoms with E-state index in [0.29, 0.717) is 11.0 Å². The number of hydrogen-bond donors (Lipinski definition) is 1. The van der Waals surface area contributed by atoms with Crippen molar-refractivity contribution in [2.24, 2.45) is 0 Å². The van der Waals surface area contributed by atoms with Crippen molar-refractivity contribution in [2.75, 3.05) is 7.11 Å². The van der Waals surface area contributed by atoms with Gasteiger partial charge in [0, 0.05) is 10.3 Å². The summed E-state index contributed by atoms with van der Waals surface area (Å²) in [5.74, 6) is -0.708. The van der Waals surface area contributed by atoms with Gasteiger partial charge in [-0.1, -0.05) is 0 Å². The van der Waals surface area contributed by atoms with Crippen LogP contribution >= 0.6 is 12.6 Å². The molecule has 0 saturated carbocycles. The molecule has 4 nitrogen and oxygen atoms in total. The summed E-state index contributed by atoms with van der Waals surface area (Å²) in [6, 6.07) is 6.47. The molecule has 0 radical (unpaired) electrons. The van der Waals surface area contributed by atoms with Crippen LogP contribution in [-0.2, 0) is 4.74 Å². The molecule has 0 bridgehead atoms. The van der Waals surface area contributed by atoms with Crippen molar-refractivity contribution in [2.45, 2.75) is 4.90 Å². The molecule has 0 N–H and O–H groups in total. The lowest BCUT2D eigenvalue weighted by Gasteiger charge is -2.00. The molecule has 0 fully saturated rings. The van der Waals surface area contributed by atoms with Gasteiger partial charge in [0.15, 0.2) is 0 Å². The van der Waals surface area contributed by atoms with Gasteiger partial charge in [0.2, 0.25) is 0 Å². The van der Waals surface area contributed by atoms with Crippen molar-refractivity contribution < 1.29 is 13.9 Å². The predicted octanol–water partition coefficient (Wildman–Crippen LogP) is 1.87. The second-order valence-electron chi connectivity index (χ2n) is 3.16. The molecule has 0 unspecified atom stereocenters. The number of benzene rings is 1. The van der Waals surface area contributed by atoms with E-state index in [1.54, 1.807) is 18.2 Å². The number of methoxy groups -OCH3 is 1. The number of carbonyl (C=O) groups is 1. The van der Waals surface area contributed by atoms with Crippen LogP contribution in [0.15, 0.2) is 38.4 Å². The largest absolute Gasteiger partial charge is 0.465 e. The third-order valence-corrected chi connectivity index (χ3v) is 2.40. The number of rotatable bonds is 1. The highest BCUT2D eigenvalue weighted by Gasteiger charge is 2.13. The lowest BCUT2D eigenvalue weighted by atomic mass is 10.2. The van der Waals surface area contributed by atoms with Crippen LogP contribution in [-0.4, -0.2) is 13.1 Å². The Morgan fingerprint density at radius 3 is 2.81 bits per heavy atom. The van der Waals surface area contributed by atoms with Crippen LogP contribution in [0.5, 0.6) is 0 Å². The number of hydrogen-bond acceptors (Lipinski definition) is 5. The maximum atomic E-state index is 11.4. The Morgan fingerprint density at radius 1 is 1.38 bits per heavy atom. The fraction of sp³-hybridized carbons (Fsp3) is 0.0909. The molecule has 0 saturated heterocycles. The van der Waals surface area contributed by atoms with Crippen LogP contribution in [0.1, 0.15) is 10.4 Å². The first kappa shape index (κ1) is 10.8. The van der Waals surface area contributed by atoms with Crippen LogP contribution < -0.4 is 5.63 Å². The van der Waals surface area contributed by atoms with Gasteiger partial charge in [-0.25, -0.2) is 9.59 Å². The SMILES string of the molecule is COC(=O)c1cc2cc(S)ccc2oc1=O. The van der Waals surface area contributed by atoms with Crippen molar-refractivity contribution in [1.29, 1.82) is 0 Å². The molecule has 5 heteroatoms. The van der Waals surface area contributed by atoms with E-state index in [1.807, 2.05) is 0 Å². The van der Waals surface area contributed by atoms with Gasteiger partial charge in [-0.15, -0.1) is 12.6 Å². The molecule has 0 aliphatic rings. The summed E-state index contributed by atoms with van der Waals surface area (Å²) >= 11 is 4.16. The zero-order valence-electron chi connectivity index (χ0n) is 8.39. The number of fused-ring (bicyclic) bond motifs is 1. The second kappa shape index (κ2) is 4.02. The smallest absolute Gasteiger partial charge is 0.351 e. The van der Waals surface area contributed by atoms with Crippen LogP contribution in [0.25, 0.3) is 11.0 Å². The third kappa shape index (κ3) is 1.81. The van der Waals surface area contributed by atoms with E-state index in [1.165, 1.54) is 13.2 Å². The van der Waals surface area contributed by atoms with E-state index >= 15 is 0 Å². The molecule has 0 aliphatic heterocycles. The van der Waals surface area contributed by atoms with Crippen molar-refractivity contribution >= 4 is 29.6 Å². The van der Waals surface area contributed by atoms with Gasteiger partial charge >= 0.3 is 11.6 Å². The van der Waals surface area contributed by atoms with Gasteiger partial charge in [0.1, 0.15) is 11.1 Å². The normalized spacial score (nSPS) is 10.4. The second-order valence-corrected chi connectivity index (χ2v) is 3.68. The van der Waals surface area contributed by atoms with E-state index in [-0.39, 0.29) is 5.56 Å².